The van der Waals surface area contributed by atoms with E-state index in [1.807, 2.05) is 13.8 Å². The third-order valence-corrected chi connectivity index (χ3v) is 4.08. The summed E-state index contributed by atoms with van der Waals surface area (Å²) >= 11 is 1.18. The number of carboxylic acids is 1. The first-order valence-corrected chi connectivity index (χ1v) is 8.00. The van der Waals surface area contributed by atoms with Crippen LogP contribution in [0, 0.1) is 5.92 Å². The van der Waals surface area contributed by atoms with Gasteiger partial charge in [0.1, 0.15) is 5.69 Å². The van der Waals surface area contributed by atoms with E-state index < -0.39 is 5.97 Å². The molecule has 0 unspecified atom stereocenters. The largest absolute Gasteiger partial charge is 0.481 e. The van der Waals surface area contributed by atoms with Crippen LogP contribution in [0.15, 0.2) is 5.38 Å². The lowest BCUT2D eigenvalue weighted by molar-refractivity contribution is -0.137. The minimum absolute atomic E-state index is 0.0682. The first kappa shape index (κ1) is 18.1. The zero-order chi connectivity index (χ0) is 16.7. The summed E-state index contributed by atoms with van der Waals surface area (Å²) in [5, 5.41) is 13.3. The number of amides is 2. The van der Waals surface area contributed by atoms with Gasteiger partial charge in [-0.25, -0.2) is 4.98 Å². The van der Waals surface area contributed by atoms with Gasteiger partial charge in [0.25, 0.3) is 5.91 Å². The van der Waals surface area contributed by atoms with Gasteiger partial charge in [-0.3, -0.25) is 14.4 Å². The zero-order valence-electron chi connectivity index (χ0n) is 13.0. The minimum atomic E-state index is -0.962. The van der Waals surface area contributed by atoms with Crippen molar-refractivity contribution in [3.05, 3.63) is 11.1 Å². The number of rotatable bonds is 8. The molecule has 2 amide bonds. The molecule has 0 aromatic carbocycles. The number of nitrogens with one attached hydrogen (secondary N) is 1. The number of carbonyl (C=O) groups is 3. The monoisotopic (exact) mass is 327 g/mol. The SMILES string of the molecule is CCC(CC)C(=O)Nc1nc(C(=O)N(C)CCC(=O)O)cs1. The highest BCUT2D eigenvalue weighted by Gasteiger charge is 2.19. The molecule has 0 radical (unpaired) electrons. The number of aromatic nitrogens is 1. The lowest BCUT2D eigenvalue weighted by Gasteiger charge is -2.14. The highest BCUT2D eigenvalue weighted by atomic mass is 32.1. The lowest BCUT2D eigenvalue weighted by atomic mass is 10.0. The van der Waals surface area contributed by atoms with E-state index in [4.69, 9.17) is 5.11 Å². The molecule has 0 atom stereocenters. The molecule has 8 heteroatoms. The summed E-state index contributed by atoms with van der Waals surface area (Å²) < 4.78 is 0. The average Bonchev–Trinajstić information content (AvgIpc) is 2.93. The van der Waals surface area contributed by atoms with Crippen LogP contribution in [0.1, 0.15) is 43.6 Å². The van der Waals surface area contributed by atoms with Gasteiger partial charge in [-0.1, -0.05) is 13.8 Å². The van der Waals surface area contributed by atoms with Crippen LogP contribution in [0.2, 0.25) is 0 Å². The van der Waals surface area contributed by atoms with Crippen LogP contribution < -0.4 is 5.32 Å². The second-order valence-corrected chi connectivity index (χ2v) is 5.77. The van der Waals surface area contributed by atoms with Gasteiger partial charge in [-0.05, 0) is 12.8 Å². The highest BCUT2D eigenvalue weighted by molar-refractivity contribution is 7.14. The lowest BCUT2D eigenvalue weighted by Crippen LogP contribution is -2.29. The summed E-state index contributed by atoms with van der Waals surface area (Å²) in [6.07, 6.45) is 1.37. The normalized spacial score (nSPS) is 10.5. The van der Waals surface area contributed by atoms with Crippen molar-refractivity contribution in [2.24, 2.45) is 5.92 Å². The Hall–Kier alpha value is -1.96. The minimum Gasteiger partial charge on any atom is -0.481 e. The molecule has 0 fully saturated rings. The number of hydrogen-bond acceptors (Lipinski definition) is 5. The molecule has 1 aromatic rings. The molecule has 2 N–H and O–H groups in total. The molecule has 0 aliphatic rings. The van der Waals surface area contributed by atoms with E-state index in [0.29, 0.717) is 5.13 Å². The Morgan fingerprint density at radius 3 is 2.55 bits per heavy atom. The van der Waals surface area contributed by atoms with Crippen LogP contribution in [0.5, 0.6) is 0 Å². The van der Waals surface area contributed by atoms with Gasteiger partial charge in [0, 0.05) is 24.9 Å². The van der Waals surface area contributed by atoms with Gasteiger partial charge in [-0.2, -0.15) is 0 Å². The topological polar surface area (TPSA) is 99.6 Å². The predicted octanol–water partition coefficient (Wildman–Crippen LogP) is 2.06. The number of hydrogen-bond donors (Lipinski definition) is 2. The summed E-state index contributed by atoms with van der Waals surface area (Å²) in [5.74, 6) is -1.49. The van der Waals surface area contributed by atoms with E-state index in [2.05, 4.69) is 10.3 Å². The van der Waals surface area contributed by atoms with Crippen molar-refractivity contribution >= 4 is 34.3 Å². The second kappa shape index (κ2) is 8.47. The van der Waals surface area contributed by atoms with Gasteiger partial charge in [0.2, 0.25) is 5.91 Å². The number of aliphatic carboxylic acids is 1. The molecule has 1 aromatic heterocycles. The Kier molecular flexibility index (Phi) is 6.97. The summed E-state index contributed by atoms with van der Waals surface area (Å²) in [6.45, 7) is 4.01. The molecular formula is C14H21N3O4S. The van der Waals surface area contributed by atoms with E-state index >= 15 is 0 Å². The molecule has 7 nitrogen and oxygen atoms in total. The molecule has 0 saturated carbocycles. The fourth-order valence-corrected chi connectivity index (χ4v) is 2.54. The van der Waals surface area contributed by atoms with Crippen molar-refractivity contribution in [1.82, 2.24) is 9.88 Å². The fraction of sp³-hybridized carbons (Fsp3) is 0.571. The van der Waals surface area contributed by atoms with Crippen LogP contribution >= 0.6 is 11.3 Å². The van der Waals surface area contributed by atoms with Gasteiger partial charge < -0.3 is 15.3 Å². The number of carbonyl (C=O) groups excluding carboxylic acids is 2. The van der Waals surface area contributed by atoms with E-state index in [9.17, 15) is 14.4 Å². The summed E-state index contributed by atoms with van der Waals surface area (Å²) in [6, 6.07) is 0. The Bertz CT molecular complexity index is 540. The molecule has 0 aliphatic heterocycles. The van der Waals surface area contributed by atoms with Gasteiger partial charge >= 0.3 is 5.97 Å². The first-order chi connectivity index (χ1) is 10.4. The highest BCUT2D eigenvalue weighted by Crippen LogP contribution is 2.19. The molecule has 1 heterocycles. The van der Waals surface area contributed by atoms with Crippen molar-refractivity contribution in [2.45, 2.75) is 33.1 Å². The number of thiazole rings is 1. The van der Waals surface area contributed by atoms with Gasteiger partial charge in [0.15, 0.2) is 5.13 Å². The summed E-state index contributed by atoms with van der Waals surface area (Å²) in [5.41, 5.74) is 0.206. The molecule has 22 heavy (non-hydrogen) atoms. The van der Waals surface area contributed by atoms with E-state index in [-0.39, 0.29) is 36.4 Å². The number of anilines is 1. The average molecular weight is 327 g/mol. The van der Waals surface area contributed by atoms with Crippen LogP contribution in [-0.2, 0) is 9.59 Å². The van der Waals surface area contributed by atoms with Crippen molar-refractivity contribution in [2.75, 3.05) is 18.9 Å². The third kappa shape index (κ3) is 5.10. The standard InChI is InChI=1S/C14H21N3O4S/c1-4-9(5-2)12(20)16-14-15-10(8-22-14)13(21)17(3)7-6-11(18)19/h8-9H,4-7H2,1-3H3,(H,18,19)(H,15,16,20). The van der Waals surface area contributed by atoms with Crippen LogP contribution in [0.4, 0.5) is 5.13 Å². The first-order valence-electron chi connectivity index (χ1n) is 7.12. The van der Waals surface area contributed by atoms with Crippen LogP contribution in [-0.4, -0.2) is 46.4 Å². The summed E-state index contributed by atoms with van der Waals surface area (Å²) in [7, 11) is 1.52. The molecule has 1 rings (SSSR count). The maximum atomic E-state index is 12.1. The van der Waals surface area contributed by atoms with Crippen LogP contribution in [0.25, 0.3) is 0 Å². The van der Waals surface area contributed by atoms with Crippen molar-refractivity contribution in [1.29, 1.82) is 0 Å². The van der Waals surface area contributed by atoms with E-state index in [0.717, 1.165) is 12.8 Å². The Balaban J connectivity index is 2.65. The van der Waals surface area contributed by atoms with Crippen molar-refractivity contribution in [3.8, 4) is 0 Å². The van der Waals surface area contributed by atoms with E-state index in [1.54, 1.807) is 5.38 Å². The Labute approximate surface area is 133 Å². The molecule has 0 aliphatic carbocycles. The number of carboxylic acid groups (broad SMARTS) is 1. The van der Waals surface area contributed by atoms with Crippen LogP contribution in [0.3, 0.4) is 0 Å². The maximum Gasteiger partial charge on any atom is 0.305 e. The Morgan fingerprint density at radius 2 is 2.00 bits per heavy atom. The molecule has 0 spiro atoms. The smallest absolute Gasteiger partial charge is 0.305 e. The maximum absolute atomic E-state index is 12.1. The molecular weight excluding hydrogens is 306 g/mol. The predicted molar refractivity (Wildman–Crippen MR) is 84.0 cm³/mol. The van der Waals surface area contributed by atoms with E-state index in [1.165, 1.54) is 23.3 Å². The zero-order valence-corrected chi connectivity index (χ0v) is 13.8. The fourth-order valence-electron chi connectivity index (χ4n) is 1.86. The number of nitrogens with zero attached hydrogens (tertiary/aromatic N) is 2. The summed E-state index contributed by atoms with van der Waals surface area (Å²) in [4.78, 5) is 39.9. The molecule has 122 valence electrons. The Morgan fingerprint density at radius 1 is 1.36 bits per heavy atom. The van der Waals surface area contributed by atoms with Crippen molar-refractivity contribution in [3.63, 3.8) is 0 Å². The van der Waals surface area contributed by atoms with Gasteiger partial charge in [0.05, 0.1) is 6.42 Å². The van der Waals surface area contributed by atoms with Crippen molar-refractivity contribution < 1.29 is 19.5 Å². The van der Waals surface area contributed by atoms with Gasteiger partial charge in [-0.15, -0.1) is 11.3 Å². The second-order valence-electron chi connectivity index (χ2n) is 4.91. The quantitative estimate of drug-likeness (QED) is 0.761. The molecule has 0 bridgehead atoms. The third-order valence-electron chi connectivity index (χ3n) is 3.32. The molecule has 0 saturated heterocycles.